The van der Waals surface area contributed by atoms with Crippen molar-refractivity contribution in [2.75, 3.05) is 5.73 Å². The van der Waals surface area contributed by atoms with Crippen LogP contribution in [0, 0.1) is 6.92 Å². The zero-order chi connectivity index (χ0) is 14.9. The van der Waals surface area contributed by atoms with Gasteiger partial charge in [0.1, 0.15) is 5.01 Å². The normalized spacial score (nSPS) is 11.6. The molecule has 0 amide bonds. The molecule has 4 heteroatoms. The van der Waals surface area contributed by atoms with E-state index >= 15 is 0 Å². The third kappa shape index (κ3) is 3.07. The highest BCUT2D eigenvalue weighted by molar-refractivity contribution is 7.09. The Bertz CT molecular complexity index is 638. The van der Waals surface area contributed by atoms with E-state index in [0.717, 1.165) is 16.3 Å². The minimum absolute atomic E-state index is 0.0187. The van der Waals surface area contributed by atoms with E-state index < -0.39 is 0 Å². The van der Waals surface area contributed by atoms with Crippen molar-refractivity contribution in [2.45, 2.75) is 39.5 Å². The molecule has 0 spiro atoms. The average molecular weight is 288 g/mol. The van der Waals surface area contributed by atoms with Crippen molar-refractivity contribution >= 4 is 22.8 Å². The van der Waals surface area contributed by atoms with Gasteiger partial charge >= 0.3 is 0 Å². The van der Waals surface area contributed by atoms with Crippen molar-refractivity contribution in [3.63, 3.8) is 0 Å². The number of carbonyl (C=O) groups excluding carboxylic acids is 1. The van der Waals surface area contributed by atoms with Gasteiger partial charge in [0.15, 0.2) is 5.78 Å². The molecule has 0 unspecified atom stereocenters. The number of carbonyl (C=O) groups is 1. The first kappa shape index (κ1) is 14.7. The second kappa shape index (κ2) is 5.37. The largest absolute Gasteiger partial charge is 0.398 e. The van der Waals surface area contributed by atoms with E-state index in [2.05, 4.69) is 25.8 Å². The standard InChI is InChI=1S/C16H20N2OS/c1-10-11(6-5-7-12(10)17)13(19)8-15-18-14(9-20-15)16(2,3)4/h5-7,9H,8,17H2,1-4H3. The van der Waals surface area contributed by atoms with Crippen molar-refractivity contribution in [2.24, 2.45) is 0 Å². The molecule has 2 rings (SSSR count). The molecule has 2 aromatic rings. The van der Waals surface area contributed by atoms with E-state index in [9.17, 15) is 4.79 Å². The Morgan fingerprint density at radius 2 is 2.05 bits per heavy atom. The molecule has 0 bridgehead atoms. The molecule has 2 N–H and O–H groups in total. The zero-order valence-electron chi connectivity index (χ0n) is 12.4. The fourth-order valence-electron chi connectivity index (χ4n) is 1.92. The minimum Gasteiger partial charge on any atom is -0.398 e. The van der Waals surface area contributed by atoms with Crippen LogP contribution in [-0.2, 0) is 11.8 Å². The summed E-state index contributed by atoms with van der Waals surface area (Å²) in [6, 6.07) is 5.46. The number of hydrogen-bond donors (Lipinski definition) is 1. The van der Waals surface area contributed by atoms with Crippen LogP contribution in [0.3, 0.4) is 0 Å². The van der Waals surface area contributed by atoms with Gasteiger partial charge in [-0.25, -0.2) is 4.98 Å². The van der Waals surface area contributed by atoms with Crippen LogP contribution in [0.25, 0.3) is 0 Å². The number of hydrogen-bond acceptors (Lipinski definition) is 4. The van der Waals surface area contributed by atoms with Crippen LogP contribution in [0.2, 0.25) is 0 Å². The third-order valence-electron chi connectivity index (χ3n) is 3.31. The second-order valence-electron chi connectivity index (χ2n) is 6.00. The molecule has 0 saturated carbocycles. The molecular weight excluding hydrogens is 268 g/mol. The lowest BCUT2D eigenvalue weighted by molar-refractivity contribution is 0.0992. The van der Waals surface area contributed by atoms with E-state index in [1.807, 2.05) is 30.5 Å². The first-order chi connectivity index (χ1) is 9.29. The quantitative estimate of drug-likeness (QED) is 0.691. The van der Waals surface area contributed by atoms with Gasteiger partial charge in [-0.05, 0) is 18.6 Å². The molecule has 0 aliphatic heterocycles. The smallest absolute Gasteiger partial charge is 0.170 e. The molecule has 106 valence electrons. The third-order valence-corrected chi connectivity index (χ3v) is 4.16. The molecule has 0 fully saturated rings. The summed E-state index contributed by atoms with van der Waals surface area (Å²) in [5.74, 6) is 0.0737. The zero-order valence-corrected chi connectivity index (χ0v) is 13.2. The Morgan fingerprint density at radius 3 is 2.65 bits per heavy atom. The highest BCUT2D eigenvalue weighted by Gasteiger charge is 2.19. The molecule has 0 aliphatic rings. The first-order valence-electron chi connectivity index (χ1n) is 6.62. The lowest BCUT2D eigenvalue weighted by atomic mass is 9.93. The number of anilines is 1. The molecule has 1 heterocycles. The summed E-state index contributed by atoms with van der Waals surface area (Å²) in [5.41, 5.74) is 9.11. The Morgan fingerprint density at radius 1 is 1.35 bits per heavy atom. The van der Waals surface area contributed by atoms with Crippen LogP contribution < -0.4 is 5.73 Å². The fraction of sp³-hybridized carbons (Fsp3) is 0.375. The Balaban J connectivity index is 2.20. The summed E-state index contributed by atoms with van der Waals surface area (Å²) < 4.78 is 0. The number of nitrogen functional groups attached to an aromatic ring is 1. The minimum atomic E-state index is 0.0187. The molecule has 20 heavy (non-hydrogen) atoms. The lowest BCUT2D eigenvalue weighted by Gasteiger charge is -2.14. The predicted octanol–water partition coefficient (Wildman–Crippen LogP) is 3.76. The molecule has 0 atom stereocenters. The van der Waals surface area contributed by atoms with Gasteiger partial charge in [-0.15, -0.1) is 11.3 Å². The summed E-state index contributed by atoms with van der Waals surface area (Å²) in [6.45, 7) is 8.24. The van der Waals surface area contributed by atoms with Crippen LogP contribution in [0.15, 0.2) is 23.6 Å². The number of thiazole rings is 1. The fourth-order valence-corrected chi connectivity index (χ4v) is 2.94. The maximum absolute atomic E-state index is 12.4. The number of ketones is 1. The number of aromatic nitrogens is 1. The highest BCUT2D eigenvalue weighted by atomic mass is 32.1. The summed E-state index contributed by atoms with van der Waals surface area (Å²) in [6.07, 6.45) is 0.338. The first-order valence-corrected chi connectivity index (χ1v) is 7.50. The second-order valence-corrected chi connectivity index (χ2v) is 6.94. The van der Waals surface area contributed by atoms with Crippen LogP contribution in [0.4, 0.5) is 5.69 Å². The van der Waals surface area contributed by atoms with Gasteiger partial charge in [0.05, 0.1) is 12.1 Å². The summed E-state index contributed by atoms with van der Waals surface area (Å²) in [4.78, 5) is 16.9. The number of nitrogens with two attached hydrogens (primary N) is 1. The number of nitrogens with zero attached hydrogens (tertiary/aromatic N) is 1. The Labute approximate surface area is 123 Å². The van der Waals surface area contributed by atoms with Gasteiger partial charge in [-0.2, -0.15) is 0 Å². The molecule has 3 nitrogen and oxygen atoms in total. The van der Waals surface area contributed by atoms with Crippen molar-refractivity contribution in [3.05, 3.63) is 45.4 Å². The van der Waals surface area contributed by atoms with Crippen LogP contribution in [0.1, 0.15) is 47.4 Å². The average Bonchev–Trinajstić information content (AvgIpc) is 2.81. The highest BCUT2D eigenvalue weighted by Crippen LogP contribution is 2.25. The topological polar surface area (TPSA) is 56.0 Å². The molecule has 0 aliphatic carbocycles. The summed E-state index contributed by atoms with van der Waals surface area (Å²) in [7, 11) is 0. The lowest BCUT2D eigenvalue weighted by Crippen LogP contribution is -2.12. The van der Waals surface area contributed by atoms with Gasteiger partial charge in [0.2, 0.25) is 0 Å². The summed E-state index contributed by atoms with van der Waals surface area (Å²) >= 11 is 1.55. The van der Waals surface area contributed by atoms with E-state index in [4.69, 9.17) is 5.73 Å². The van der Waals surface area contributed by atoms with Crippen LogP contribution in [-0.4, -0.2) is 10.8 Å². The molecule has 0 saturated heterocycles. The maximum atomic E-state index is 12.4. The van der Waals surface area contributed by atoms with Crippen LogP contribution >= 0.6 is 11.3 Å². The number of Topliss-reactive ketones (excluding diaryl/α,β-unsaturated/α-hetero) is 1. The van der Waals surface area contributed by atoms with Crippen molar-refractivity contribution < 1.29 is 4.79 Å². The van der Waals surface area contributed by atoms with Crippen molar-refractivity contribution in [1.29, 1.82) is 0 Å². The van der Waals surface area contributed by atoms with Crippen LogP contribution in [0.5, 0.6) is 0 Å². The molecule has 1 aromatic carbocycles. The monoisotopic (exact) mass is 288 g/mol. The van der Waals surface area contributed by atoms with Gasteiger partial charge in [-0.3, -0.25) is 4.79 Å². The SMILES string of the molecule is Cc1c(N)cccc1C(=O)Cc1nc(C(C)(C)C)cs1. The molecular formula is C16H20N2OS. The summed E-state index contributed by atoms with van der Waals surface area (Å²) in [5, 5.41) is 2.90. The van der Waals surface area contributed by atoms with Gasteiger partial charge in [0, 0.05) is 22.0 Å². The number of rotatable bonds is 3. The van der Waals surface area contributed by atoms with E-state index in [1.54, 1.807) is 11.3 Å². The van der Waals surface area contributed by atoms with E-state index in [-0.39, 0.29) is 11.2 Å². The Kier molecular flexibility index (Phi) is 3.95. The van der Waals surface area contributed by atoms with E-state index in [0.29, 0.717) is 17.7 Å². The number of benzene rings is 1. The van der Waals surface area contributed by atoms with Gasteiger partial charge in [-0.1, -0.05) is 32.9 Å². The van der Waals surface area contributed by atoms with E-state index in [1.165, 1.54) is 0 Å². The van der Waals surface area contributed by atoms with Gasteiger partial charge < -0.3 is 5.73 Å². The molecule has 0 radical (unpaired) electrons. The maximum Gasteiger partial charge on any atom is 0.170 e. The van der Waals surface area contributed by atoms with Crippen molar-refractivity contribution in [1.82, 2.24) is 4.98 Å². The Hall–Kier alpha value is -1.68. The van der Waals surface area contributed by atoms with Gasteiger partial charge in [0.25, 0.3) is 0 Å². The predicted molar refractivity (Wildman–Crippen MR) is 84.4 cm³/mol. The van der Waals surface area contributed by atoms with Crippen molar-refractivity contribution in [3.8, 4) is 0 Å². The molecule has 1 aromatic heterocycles.